The highest BCUT2D eigenvalue weighted by Gasteiger charge is 2.28. The Balaban J connectivity index is 1.30. The van der Waals surface area contributed by atoms with Crippen molar-refractivity contribution in [3.8, 4) is 0 Å². The van der Waals surface area contributed by atoms with Crippen LogP contribution in [0.25, 0.3) is 0 Å². The van der Waals surface area contributed by atoms with Crippen molar-refractivity contribution in [1.29, 1.82) is 0 Å². The number of nitrogens with zero attached hydrogens (tertiary/aromatic N) is 2. The van der Waals surface area contributed by atoms with Crippen LogP contribution in [0.1, 0.15) is 47.6 Å². The lowest BCUT2D eigenvalue weighted by Gasteiger charge is -2.36. The molecule has 1 atom stereocenters. The molecule has 2 aliphatic rings. The molecule has 1 heterocycles. The van der Waals surface area contributed by atoms with E-state index in [1.807, 2.05) is 18.2 Å². The Labute approximate surface area is 184 Å². The van der Waals surface area contributed by atoms with Gasteiger partial charge >= 0.3 is 0 Å². The molecule has 6 heteroatoms. The normalized spacial score (nSPS) is 18.6. The SMILES string of the molecule is NC(=O)c1ccc(N2CCN(CC(=O)NC(c3ccccc3)C3CCCC3)CC2)cc1. The quantitative estimate of drug-likeness (QED) is 0.722. The molecule has 6 nitrogen and oxygen atoms in total. The summed E-state index contributed by atoms with van der Waals surface area (Å²) >= 11 is 0. The number of amides is 2. The summed E-state index contributed by atoms with van der Waals surface area (Å²) in [5, 5.41) is 3.34. The molecule has 0 radical (unpaired) electrons. The third-order valence-corrected chi connectivity index (χ3v) is 6.60. The van der Waals surface area contributed by atoms with Crippen LogP contribution in [-0.2, 0) is 4.79 Å². The van der Waals surface area contributed by atoms with E-state index in [4.69, 9.17) is 5.73 Å². The number of nitrogens with one attached hydrogen (secondary N) is 1. The van der Waals surface area contributed by atoms with Gasteiger partial charge in [0.15, 0.2) is 0 Å². The molecule has 164 valence electrons. The number of anilines is 1. The summed E-state index contributed by atoms with van der Waals surface area (Å²) in [6, 6.07) is 17.9. The number of hydrogen-bond donors (Lipinski definition) is 2. The largest absolute Gasteiger partial charge is 0.369 e. The first-order chi connectivity index (χ1) is 15.1. The molecule has 1 unspecified atom stereocenters. The van der Waals surface area contributed by atoms with E-state index in [2.05, 4.69) is 39.4 Å². The molecular weight excluding hydrogens is 388 g/mol. The van der Waals surface area contributed by atoms with E-state index >= 15 is 0 Å². The van der Waals surface area contributed by atoms with E-state index in [-0.39, 0.29) is 11.9 Å². The zero-order valence-electron chi connectivity index (χ0n) is 18.0. The highest BCUT2D eigenvalue weighted by atomic mass is 16.2. The van der Waals surface area contributed by atoms with Gasteiger partial charge in [0.25, 0.3) is 0 Å². The molecule has 2 amide bonds. The van der Waals surface area contributed by atoms with E-state index in [0.29, 0.717) is 18.0 Å². The lowest BCUT2D eigenvalue weighted by molar-refractivity contribution is -0.123. The van der Waals surface area contributed by atoms with Gasteiger partial charge in [-0.1, -0.05) is 43.2 Å². The number of rotatable bonds is 7. The maximum absolute atomic E-state index is 12.9. The number of benzene rings is 2. The first-order valence-corrected chi connectivity index (χ1v) is 11.3. The minimum absolute atomic E-state index is 0.111. The van der Waals surface area contributed by atoms with E-state index in [9.17, 15) is 9.59 Å². The highest BCUT2D eigenvalue weighted by molar-refractivity contribution is 5.93. The zero-order valence-corrected chi connectivity index (χ0v) is 18.0. The average molecular weight is 421 g/mol. The number of nitrogens with two attached hydrogens (primary N) is 1. The fraction of sp³-hybridized carbons (Fsp3) is 0.440. The van der Waals surface area contributed by atoms with Gasteiger partial charge < -0.3 is 16.0 Å². The first kappa shape index (κ1) is 21.4. The van der Waals surface area contributed by atoms with Gasteiger partial charge in [-0.15, -0.1) is 0 Å². The standard InChI is InChI=1S/C25H32N4O2/c26-25(31)21-10-12-22(13-11-21)29-16-14-28(15-17-29)18-23(30)27-24(20-8-4-5-9-20)19-6-2-1-3-7-19/h1-3,6-7,10-13,20,24H,4-5,8-9,14-18H2,(H2,26,31)(H,27,30). The van der Waals surface area contributed by atoms with E-state index in [1.54, 1.807) is 12.1 Å². The molecule has 1 aliphatic carbocycles. The monoisotopic (exact) mass is 420 g/mol. The zero-order chi connectivity index (χ0) is 21.6. The molecule has 1 saturated carbocycles. The molecule has 2 fully saturated rings. The van der Waals surface area contributed by atoms with Crippen molar-refractivity contribution in [2.75, 3.05) is 37.6 Å². The Kier molecular flexibility index (Phi) is 6.87. The van der Waals surface area contributed by atoms with Crippen LogP contribution in [0.2, 0.25) is 0 Å². The Morgan fingerprint density at radius 2 is 1.58 bits per heavy atom. The summed E-state index contributed by atoms with van der Waals surface area (Å²) in [5.74, 6) is 0.236. The molecule has 0 aromatic heterocycles. The van der Waals surface area contributed by atoms with Gasteiger partial charge in [-0.25, -0.2) is 0 Å². The molecule has 1 saturated heterocycles. The Bertz CT molecular complexity index is 870. The van der Waals surface area contributed by atoms with Crippen LogP contribution in [0.15, 0.2) is 54.6 Å². The molecule has 3 N–H and O–H groups in total. The molecule has 4 rings (SSSR count). The lowest BCUT2D eigenvalue weighted by Crippen LogP contribution is -2.50. The molecule has 2 aromatic rings. The second-order valence-electron chi connectivity index (χ2n) is 8.67. The van der Waals surface area contributed by atoms with Gasteiger partial charge in [-0.05, 0) is 48.6 Å². The molecule has 2 aromatic carbocycles. The van der Waals surface area contributed by atoms with Crippen LogP contribution >= 0.6 is 0 Å². The summed E-state index contributed by atoms with van der Waals surface area (Å²) in [6.07, 6.45) is 4.89. The van der Waals surface area contributed by atoms with Gasteiger partial charge in [0.05, 0.1) is 12.6 Å². The van der Waals surface area contributed by atoms with Crippen molar-refractivity contribution in [3.63, 3.8) is 0 Å². The molecule has 31 heavy (non-hydrogen) atoms. The number of carbonyl (C=O) groups excluding carboxylic acids is 2. The van der Waals surface area contributed by atoms with Gasteiger partial charge in [0.1, 0.15) is 0 Å². The first-order valence-electron chi connectivity index (χ1n) is 11.3. The topological polar surface area (TPSA) is 78.7 Å². The molecule has 0 spiro atoms. The van der Waals surface area contributed by atoms with Crippen LogP contribution < -0.4 is 16.0 Å². The third kappa shape index (κ3) is 5.44. The van der Waals surface area contributed by atoms with Crippen LogP contribution in [0.4, 0.5) is 5.69 Å². The average Bonchev–Trinajstić information content (AvgIpc) is 3.33. The maximum atomic E-state index is 12.9. The van der Waals surface area contributed by atoms with Gasteiger partial charge in [0, 0.05) is 37.4 Å². The second-order valence-corrected chi connectivity index (χ2v) is 8.67. The Morgan fingerprint density at radius 3 is 2.19 bits per heavy atom. The van der Waals surface area contributed by atoms with Gasteiger partial charge in [0.2, 0.25) is 11.8 Å². The van der Waals surface area contributed by atoms with Crippen molar-refractivity contribution in [2.45, 2.75) is 31.7 Å². The number of hydrogen-bond acceptors (Lipinski definition) is 4. The van der Waals surface area contributed by atoms with Crippen LogP contribution in [0.3, 0.4) is 0 Å². The Hall–Kier alpha value is -2.86. The smallest absolute Gasteiger partial charge is 0.248 e. The van der Waals surface area contributed by atoms with Gasteiger partial charge in [-0.3, -0.25) is 14.5 Å². The minimum Gasteiger partial charge on any atom is -0.369 e. The lowest BCUT2D eigenvalue weighted by atomic mass is 9.91. The summed E-state index contributed by atoms with van der Waals surface area (Å²) in [7, 11) is 0. The van der Waals surface area contributed by atoms with Crippen molar-refractivity contribution in [3.05, 3.63) is 65.7 Å². The Morgan fingerprint density at radius 1 is 0.935 bits per heavy atom. The fourth-order valence-corrected chi connectivity index (χ4v) is 4.85. The maximum Gasteiger partial charge on any atom is 0.248 e. The van der Waals surface area contributed by atoms with Crippen molar-refractivity contribution < 1.29 is 9.59 Å². The number of carbonyl (C=O) groups is 2. The summed E-state index contributed by atoms with van der Waals surface area (Å²) in [4.78, 5) is 28.6. The predicted octanol–water partition coefficient (Wildman–Crippen LogP) is 2.96. The summed E-state index contributed by atoms with van der Waals surface area (Å²) in [5.41, 5.74) is 8.14. The minimum atomic E-state index is -0.409. The van der Waals surface area contributed by atoms with Crippen LogP contribution in [-0.4, -0.2) is 49.4 Å². The number of primary amides is 1. The molecule has 1 aliphatic heterocycles. The number of piperazine rings is 1. The third-order valence-electron chi connectivity index (χ3n) is 6.60. The van der Waals surface area contributed by atoms with E-state index < -0.39 is 5.91 Å². The predicted molar refractivity (Wildman–Crippen MR) is 123 cm³/mol. The summed E-state index contributed by atoms with van der Waals surface area (Å²) in [6.45, 7) is 3.82. The summed E-state index contributed by atoms with van der Waals surface area (Å²) < 4.78 is 0. The molecular formula is C25H32N4O2. The second kappa shape index (κ2) is 9.96. The van der Waals surface area contributed by atoms with E-state index in [0.717, 1.165) is 31.9 Å². The van der Waals surface area contributed by atoms with Crippen molar-refractivity contribution in [2.24, 2.45) is 11.7 Å². The van der Waals surface area contributed by atoms with Crippen LogP contribution in [0.5, 0.6) is 0 Å². The fourth-order valence-electron chi connectivity index (χ4n) is 4.85. The molecule has 0 bridgehead atoms. The van der Waals surface area contributed by atoms with E-state index in [1.165, 1.54) is 31.2 Å². The van der Waals surface area contributed by atoms with Crippen molar-refractivity contribution in [1.82, 2.24) is 10.2 Å². The van der Waals surface area contributed by atoms with Crippen LogP contribution in [0, 0.1) is 5.92 Å². The highest BCUT2D eigenvalue weighted by Crippen LogP contribution is 2.35. The van der Waals surface area contributed by atoms with Crippen molar-refractivity contribution >= 4 is 17.5 Å². The van der Waals surface area contributed by atoms with Gasteiger partial charge in [-0.2, -0.15) is 0 Å².